The number of nitrogens with two attached hydrogens (primary N) is 1. The van der Waals surface area contributed by atoms with Crippen LogP contribution in [0.3, 0.4) is 0 Å². The Kier molecular flexibility index (Phi) is 14.1. The molecule has 2 aromatic carbocycles. The molecule has 0 aliphatic carbocycles. The topological polar surface area (TPSA) is 196 Å². The second-order valence-electron chi connectivity index (χ2n) is 11.6. The molecule has 0 saturated carbocycles. The molecule has 0 saturated heterocycles. The van der Waals surface area contributed by atoms with Gasteiger partial charge in [0.2, 0.25) is 23.6 Å². The molecule has 4 atom stereocenters. The summed E-state index contributed by atoms with van der Waals surface area (Å²) in [5.74, 6) is -2.96. The summed E-state index contributed by atoms with van der Waals surface area (Å²) in [6, 6.07) is 12.7. The maximum Gasteiger partial charge on any atom is 0.326 e. The van der Waals surface area contributed by atoms with Crippen LogP contribution < -0.4 is 27.0 Å². The standard InChI is InChI=1S/C33H44N6O6S/c1-20(2)15-27(32(43)38-26(33(44)45)13-14-46-3)37-29(40)19-36-31(42)28(16-21-9-5-4-6-10-21)39-30(41)24(34)17-22-18-35-25-12-8-7-11-23(22)25/h4-12,18,20,24,26-28,35H,13-17,19,34H2,1-3H3,(H,36,42)(H,37,40)(H,38,43)(H,39,41)(H,44,45)/t24-,26-,27-,28-/m0/s1. The highest BCUT2D eigenvalue weighted by Crippen LogP contribution is 2.19. The van der Waals surface area contributed by atoms with Crippen LogP contribution >= 0.6 is 11.8 Å². The lowest BCUT2D eigenvalue weighted by Crippen LogP contribution is -2.56. The van der Waals surface area contributed by atoms with Gasteiger partial charge in [-0.2, -0.15) is 11.8 Å². The van der Waals surface area contributed by atoms with Crippen LogP contribution in [-0.2, 0) is 36.8 Å². The minimum Gasteiger partial charge on any atom is -0.480 e. The van der Waals surface area contributed by atoms with Crippen molar-refractivity contribution in [2.45, 2.75) is 63.7 Å². The van der Waals surface area contributed by atoms with E-state index < -0.39 is 60.3 Å². The Labute approximate surface area is 273 Å². The molecular weight excluding hydrogens is 608 g/mol. The third kappa shape index (κ3) is 11.2. The van der Waals surface area contributed by atoms with E-state index in [-0.39, 0.29) is 31.6 Å². The number of aromatic nitrogens is 1. The van der Waals surface area contributed by atoms with E-state index in [0.29, 0.717) is 5.75 Å². The third-order valence-electron chi connectivity index (χ3n) is 7.37. The molecule has 0 spiro atoms. The first kappa shape index (κ1) is 36.1. The van der Waals surface area contributed by atoms with Gasteiger partial charge >= 0.3 is 5.97 Å². The summed E-state index contributed by atoms with van der Waals surface area (Å²) in [5.41, 5.74) is 8.86. The molecule has 3 aromatic rings. The van der Waals surface area contributed by atoms with E-state index in [4.69, 9.17) is 5.73 Å². The van der Waals surface area contributed by atoms with Crippen LogP contribution in [0.15, 0.2) is 60.8 Å². The lowest BCUT2D eigenvalue weighted by molar-refractivity contribution is -0.142. The van der Waals surface area contributed by atoms with E-state index in [0.717, 1.165) is 22.0 Å². The minimum absolute atomic E-state index is 0.0130. The second kappa shape index (κ2) is 18.0. The molecule has 8 N–H and O–H groups in total. The number of para-hydroxylation sites is 1. The summed E-state index contributed by atoms with van der Waals surface area (Å²) in [7, 11) is 0. The summed E-state index contributed by atoms with van der Waals surface area (Å²) < 4.78 is 0. The number of hydrogen-bond acceptors (Lipinski definition) is 7. The Morgan fingerprint density at radius 1 is 0.848 bits per heavy atom. The molecule has 0 unspecified atom stereocenters. The van der Waals surface area contributed by atoms with Crippen molar-refractivity contribution in [2.75, 3.05) is 18.6 Å². The zero-order valence-electron chi connectivity index (χ0n) is 26.4. The number of H-pyrrole nitrogens is 1. The first-order chi connectivity index (χ1) is 22.0. The smallest absolute Gasteiger partial charge is 0.326 e. The number of aromatic amines is 1. The number of benzene rings is 2. The van der Waals surface area contributed by atoms with E-state index in [9.17, 15) is 29.1 Å². The van der Waals surface area contributed by atoms with Crippen molar-refractivity contribution in [3.8, 4) is 0 Å². The number of carbonyl (C=O) groups is 5. The van der Waals surface area contributed by atoms with Crippen LogP contribution in [0, 0.1) is 5.92 Å². The van der Waals surface area contributed by atoms with Crippen molar-refractivity contribution < 1.29 is 29.1 Å². The van der Waals surface area contributed by atoms with Gasteiger partial charge in [0.15, 0.2) is 0 Å². The van der Waals surface area contributed by atoms with E-state index in [1.165, 1.54) is 11.8 Å². The summed E-state index contributed by atoms with van der Waals surface area (Å²) in [6.45, 7) is 3.28. The molecule has 248 valence electrons. The van der Waals surface area contributed by atoms with Crippen LogP contribution in [-0.4, -0.2) is 82.4 Å². The normalized spacial score (nSPS) is 13.8. The van der Waals surface area contributed by atoms with Gasteiger partial charge in [0.25, 0.3) is 0 Å². The van der Waals surface area contributed by atoms with Crippen molar-refractivity contribution in [3.63, 3.8) is 0 Å². The van der Waals surface area contributed by atoms with Crippen LogP contribution in [0.2, 0.25) is 0 Å². The molecule has 46 heavy (non-hydrogen) atoms. The summed E-state index contributed by atoms with van der Waals surface area (Å²) in [6.07, 6.45) is 4.56. The molecule has 12 nitrogen and oxygen atoms in total. The van der Waals surface area contributed by atoms with Gasteiger partial charge in [0, 0.05) is 23.5 Å². The maximum absolute atomic E-state index is 13.3. The summed E-state index contributed by atoms with van der Waals surface area (Å²) >= 11 is 1.46. The first-order valence-electron chi connectivity index (χ1n) is 15.2. The SMILES string of the molecule is CSCC[C@H](NC(=O)[C@H](CC(C)C)NC(=O)CNC(=O)[C@H](Cc1ccccc1)NC(=O)[C@@H](N)Cc1c[nH]c2ccccc12)C(=O)O. The highest BCUT2D eigenvalue weighted by molar-refractivity contribution is 7.98. The van der Waals surface area contributed by atoms with Crippen LogP contribution in [0.1, 0.15) is 37.8 Å². The van der Waals surface area contributed by atoms with Gasteiger partial charge in [0.05, 0.1) is 12.6 Å². The number of carbonyl (C=O) groups excluding carboxylic acids is 4. The molecule has 0 radical (unpaired) electrons. The Balaban J connectivity index is 1.64. The highest BCUT2D eigenvalue weighted by atomic mass is 32.2. The first-order valence-corrected chi connectivity index (χ1v) is 16.6. The lowest BCUT2D eigenvalue weighted by atomic mass is 10.0. The number of fused-ring (bicyclic) bond motifs is 1. The molecular formula is C33H44N6O6S. The van der Waals surface area contributed by atoms with Gasteiger partial charge < -0.3 is 37.1 Å². The number of carboxylic acids is 1. The maximum atomic E-state index is 13.3. The zero-order chi connectivity index (χ0) is 33.6. The molecule has 4 amide bonds. The van der Waals surface area contributed by atoms with Crippen LogP contribution in [0.25, 0.3) is 10.9 Å². The molecule has 0 aliphatic rings. The number of hydrogen-bond donors (Lipinski definition) is 7. The quantitative estimate of drug-likeness (QED) is 0.108. The fraction of sp³-hybridized carbons (Fsp3) is 0.424. The molecule has 1 aromatic heterocycles. The van der Waals surface area contributed by atoms with Crippen molar-refractivity contribution in [1.29, 1.82) is 0 Å². The number of aliphatic carboxylic acids is 1. The van der Waals surface area contributed by atoms with Crippen LogP contribution in [0.4, 0.5) is 0 Å². The van der Waals surface area contributed by atoms with Crippen LogP contribution in [0.5, 0.6) is 0 Å². The molecule has 0 fully saturated rings. The van der Waals surface area contributed by atoms with Crippen molar-refractivity contribution in [1.82, 2.24) is 26.3 Å². The third-order valence-corrected chi connectivity index (χ3v) is 8.02. The Hall–Kier alpha value is -4.36. The van der Waals surface area contributed by atoms with Gasteiger partial charge in [-0.15, -0.1) is 0 Å². The highest BCUT2D eigenvalue weighted by Gasteiger charge is 2.28. The number of thioether (sulfide) groups is 1. The molecule has 3 rings (SSSR count). The minimum atomic E-state index is -1.16. The Morgan fingerprint density at radius 2 is 1.52 bits per heavy atom. The van der Waals surface area contributed by atoms with Gasteiger partial charge in [-0.3, -0.25) is 19.2 Å². The largest absolute Gasteiger partial charge is 0.480 e. The van der Waals surface area contributed by atoms with Gasteiger partial charge in [-0.25, -0.2) is 4.79 Å². The lowest BCUT2D eigenvalue weighted by Gasteiger charge is -2.23. The average Bonchev–Trinajstić information content (AvgIpc) is 3.43. The van der Waals surface area contributed by atoms with E-state index in [1.807, 2.05) is 80.9 Å². The number of carboxylic acid groups (broad SMARTS) is 1. The van der Waals surface area contributed by atoms with Gasteiger partial charge in [-0.05, 0) is 54.4 Å². The molecule has 0 bridgehead atoms. The van der Waals surface area contributed by atoms with E-state index in [2.05, 4.69) is 26.3 Å². The predicted molar refractivity (Wildman–Crippen MR) is 179 cm³/mol. The predicted octanol–water partition coefficient (Wildman–Crippen LogP) is 1.73. The van der Waals surface area contributed by atoms with Gasteiger partial charge in [-0.1, -0.05) is 62.4 Å². The Bertz CT molecular complexity index is 1480. The second-order valence-corrected chi connectivity index (χ2v) is 12.6. The van der Waals surface area contributed by atoms with Gasteiger partial charge in [0.1, 0.15) is 18.1 Å². The average molecular weight is 653 g/mol. The number of amides is 4. The molecule has 0 aliphatic heterocycles. The van der Waals surface area contributed by atoms with E-state index in [1.54, 1.807) is 0 Å². The van der Waals surface area contributed by atoms with Crippen molar-refractivity contribution in [3.05, 3.63) is 71.9 Å². The summed E-state index contributed by atoms with van der Waals surface area (Å²) in [4.78, 5) is 67.2. The Morgan fingerprint density at radius 3 is 2.20 bits per heavy atom. The fourth-order valence-electron chi connectivity index (χ4n) is 4.97. The fourth-order valence-corrected chi connectivity index (χ4v) is 5.44. The van der Waals surface area contributed by atoms with Crippen molar-refractivity contribution >= 4 is 52.3 Å². The molecule has 1 heterocycles. The van der Waals surface area contributed by atoms with E-state index >= 15 is 0 Å². The monoisotopic (exact) mass is 652 g/mol. The number of nitrogens with one attached hydrogen (secondary N) is 5. The zero-order valence-corrected chi connectivity index (χ0v) is 27.2. The van der Waals surface area contributed by atoms with Crippen molar-refractivity contribution in [2.24, 2.45) is 11.7 Å². The summed E-state index contributed by atoms with van der Waals surface area (Å²) in [5, 5.41) is 20.9. The number of rotatable bonds is 18. The molecule has 13 heteroatoms.